The van der Waals surface area contributed by atoms with Crippen LogP contribution in [0.4, 0.5) is 0 Å². The van der Waals surface area contributed by atoms with Gasteiger partial charge in [-0.3, -0.25) is 0 Å². The van der Waals surface area contributed by atoms with Crippen molar-refractivity contribution in [1.82, 2.24) is 0 Å². The van der Waals surface area contributed by atoms with Crippen molar-refractivity contribution in [1.29, 1.82) is 0 Å². The van der Waals surface area contributed by atoms with Crippen molar-refractivity contribution in [3.63, 3.8) is 0 Å². The lowest BCUT2D eigenvalue weighted by Gasteiger charge is -2.04. The third-order valence-corrected chi connectivity index (χ3v) is 1.57. The van der Waals surface area contributed by atoms with E-state index in [0.29, 0.717) is 0 Å². The second-order valence-corrected chi connectivity index (χ2v) is 2.82. The molecule has 0 aliphatic rings. The largest absolute Gasteiger partial charge is 0.355 e. The first-order valence-electron chi connectivity index (χ1n) is 3.86. The van der Waals surface area contributed by atoms with E-state index in [1.54, 1.807) is 0 Å². The zero-order valence-corrected chi connectivity index (χ0v) is 6.72. The van der Waals surface area contributed by atoms with Gasteiger partial charge in [-0.25, -0.2) is 9.90 Å². The van der Waals surface area contributed by atoms with Crippen LogP contribution in [0.2, 0.25) is 0 Å². The Morgan fingerprint density at radius 3 is 2.50 bits per heavy atom. The van der Waals surface area contributed by atoms with Gasteiger partial charge in [0.2, 0.25) is 0 Å². The molecule has 0 saturated heterocycles. The molecule has 10 heavy (non-hydrogen) atoms. The minimum atomic E-state index is -0.927. The summed E-state index contributed by atoms with van der Waals surface area (Å²) in [6, 6.07) is 0. The van der Waals surface area contributed by atoms with Gasteiger partial charge in [0, 0.05) is 0 Å². The summed E-state index contributed by atoms with van der Waals surface area (Å²) in [4.78, 5) is 10.1. The van der Waals surface area contributed by atoms with E-state index < -0.39 is 5.97 Å². The van der Waals surface area contributed by atoms with Crippen molar-refractivity contribution in [2.24, 2.45) is 5.92 Å². The van der Waals surface area contributed by atoms with Crippen LogP contribution < -0.4 is 0 Å². The lowest BCUT2D eigenvalue weighted by atomic mass is 10.0. The van der Waals surface area contributed by atoms with Gasteiger partial charge in [-0.05, 0) is 5.92 Å². The monoisotopic (exact) mass is 143 g/mol. The van der Waals surface area contributed by atoms with E-state index >= 15 is 0 Å². The summed E-state index contributed by atoms with van der Waals surface area (Å²) in [5, 5.41) is 10.1. The summed E-state index contributed by atoms with van der Waals surface area (Å²) < 4.78 is 0. The van der Waals surface area contributed by atoms with Crippen molar-refractivity contribution < 1.29 is 9.90 Å². The van der Waals surface area contributed by atoms with Gasteiger partial charge >= 0.3 is 5.97 Å². The van der Waals surface area contributed by atoms with Gasteiger partial charge in [-0.2, -0.15) is 0 Å². The molecular formula is C8H15O2. The van der Waals surface area contributed by atoms with Gasteiger partial charge in [0.25, 0.3) is 0 Å². The number of rotatable bonds is 5. The minimum absolute atomic E-state index is 0.208. The van der Waals surface area contributed by atoms with Gasteiger partial charge in [-0.15, -0.1) is 0 Å². The van der Waals surface area contributed by atoms with Crippen LogP contribution in [0.5, 0.6) is 0 Å². The molecule has 0 aromatic rings. The first-order chi connectivity index (χ1) is 4.66. The summed E-state index contributed by atoms with van der Waals surface area (Å²) in [6.07, 6.45) is 3.47. The maximum Gasteiger partial charge on any atom is 0.355 e. The molecule has 2 nitrogen and oxygen atoms in total. The first kappa shape index (κ1) is 9.47. The minimum Gasteiger partial charge on any atom is -0.247 e. The molecule has 1 radical (unpaired) electrons. The van der Waals surface area contributed by atoms with E-state index in [2.05, 4.69) is 6.92 Å². The van der Waals surface area contributed by atoms with Crippen molar-refractivity contribution in [3.8, 4) is 0 Å². The molecule has 0 rings (SSSR count). The number of hydrogen-bond acceptors (Lipinski definition) is 1. The summed E-state index contributed by atoms with van der Waals surface area (Å²) in [5.41, 5.74) is 0. The fraction of sp³-hybridized carbons (Fsp3) is 0.875. The van der Waals surface area contributed by atoms with Crippen LogP contribution in [0.3, 0.4) is 0 Å². The Morgan fingerprint density at radius 2 is 2.10 bits per heavy atom. The predicted octanol–water partition coefficient (Wildman–Crippen LogP) is 2.16. The quantitative estimate of drug-likeness (QED) is 0.581. The molecule has 0 N–H and O–H groups in total. The second-order valence-electron chi connectivity index (χ2n) is 2.82. The van der Waals surface area contributed by atoms with Gasteiger partial charge in [0.1, 0.15) is 0 Å². The van der Waals surface area contributed by atoms with Crippen molar-refractivity contribution in [2.45, 2.75) is 39.5 Å². The standard InChI is InChI=1S/C8H15O2/c1-3-4-5-7(2)6-8(9)10/h7H,3-6H2,1-2H3. The molecule has 0 aromatic carbocycles. The van der Waals surface area contributed by atoms with Gasteiger partial charge in [0.15, 0.2) is 0 Å². The van der Waals surface area contributed by atoms with Crippen LogP contribution in [0, 0.1) is 5.92 Å². The molecule has 0 amide bonds. The average Bonchev–Trinajstić information content (AvgIpc) is 1.82. The molecule has 0 bridgehead atoms. The molecule has 0 heterocycles. The van der Waals surface area contributed by atoms with Gasteiger partial charge < -0.3 is 0 Å². The first-order valence-corrected chi connectivity index (χ1v) is 3.86. The SMILES string of the molecule is CCCCC(C)CC([O])=O. The summed E-state index contributed by atoms with van der Waals surface area (Å²) in [5.74, 6) is -0.645. The van der Waals surface area contributed by atoms with E-state index in [-0.39, 0.29) is 12.3 Å². The molecule has 0 spiro atoms. The maximum absolute atomic E-state index is 10.1. The summed E-state index contributed by atoms with van der Waals surface area (Å²) in [6.45, 7) is 4.05. The summed E-state index contributed by atoms with van der Waals surface area (Å²) >= 11 is 0. The van der Waals surface area contributed by atoms with Crippen LogP contribution in [-0.4, -0.2) is 5.97 Å². The number of hydrogen-bond donors (Lipinski definition) is 0. The third kappa shape index (κ3) is 5.60. The highest BCUT2D eigenvalue weighted by Crippen LogP contribution is 2.10. The Hall–Kier alpha value is -0.530. The van der Waals surface area contributed by atoms with E-state index in [1.807, 2.05) is 6.92 Å². The Bertz CT molecular complexity index is 99.4. The predicted molar refractivity (Wildman–Crippen MR) is 39.0 cm³/mol. The highest BCUT2D eigenvalue weighted by atomic mass is 16.4. The molecule has 1 unspecified atom stereocenters. The number of unbranched alkanes of at least 4 members (excludes halogenated alkanes) is 1. The Kier molecular flexibility index (Phi) is 4.99. The Morgan fingerprint density at radius 1 is 1.50 bits per heavy atom. The number of carbonyl (C=O) groups excluding carboxylic acids is 1. The lowest BCUT2D eigenvalue weighted by Crippen LogP contribution is -2.02. The number of carbonyl (C=O) groups is 1. The van der Waals surface area contributed by atoms with Crippen LogP contribution in [0.1, 0.15) is 39.5 Å². The maximum atomic E-state index is 10.1. The van der Waals surface area contributed by atoms with Crippen LogP contribution in [0.15, 0.2) is 0 Å². The van der Waals surface area contributed by atoms with Crippen molar-refractivity contribution >= 4 is 5.97 Å². The smallest absolute Gasteiger partial charge is 0.247 e. The average molecular weight is 143 g/mol. The van der Waals surface area contributed by atoms with E-state index in [4.69, 9.17) is 0 Å². The second kappa shape index (κ2) is 5.27. The molecule has 0 saturated carbocycles. The zero-order chi connectivity index (χ0) is 7.98. The molecule has 59 valence electrons. The molecule has 2 heteroatoms. The molecule has 0 fully saturated rings. The fourth-order valence-electron chi connectivity index (χ4n) is 0.939. The van der Waals surface area contributed by atoms with E-state index in [9.17, 15) is 9.90 Å². The third-order valence-electron chi connectivity index (χ3n) is 1.57. The molecule has 0 aromatic heterocycles. The fourth-order valence-corrected chi connectivity index (χ4v) is 0.939. The van der Waals surface area contributed by atoms with Crippen molar-refractivity contribution in [2.75, 3.05) is 0 Å². The van der Waals surface area contributed by atoms with Gasteiger partial charge in [0.05, 0.1) is 6.42 Å². The van der Waals surface area contributed by atoms with Gasteiger partial charge in [-0.1, -0.05) is 33.1 Å². The lowest BCUT2D eigenvalue weighted by molar-refractivity contribution is -0.144. The van der Waals surface area contributed by atoms with Crippen molar-refractivity contribution in [3.05, 3.63) is 0 Å². The highest BCUT2D eigenvalue weighted by Gasteiger charge is 2.07. The topological polar surface area (TPSA) is 37.0 Å². The Balaban J connectivity index is 3.25. The molecule has 0 aliphatic heterocycles. The molecule has 0 aliphatic carbocycles. The van der Waals surface area contributed by atoms with E-state index in [0.717, 1.165) is 19.3 Å². The molecular weight excluding hydrogens is 128 g/mol. The normalized spacial score (nSPS) is 13.0. The van der Waals surface area contributed by atoms with Crippen LogP contribution in [-0.2, 0) is 9.90 Å². The summed E-state index contributed by atoms with van der Waals surface area (Å²) in [7, 11) is 0. The highest BCUT2D eigenvalue weighted by molar-refractivity contribution is 5.66. The zero-order valence-electron chi connectivity index (χ0n) is 6.72. The van der Waals surface area contributed by atoms with Crippen LogP contribution >= 0.6 is 0 Å². The molecule has 1 atom stereocenters. The van der Waals surface area contributed by atoms with Crippen LogP contribution in [0.25, 0.3) is 0 Å². The Labute approximate surface area is 62.2 Å². The van der Waals surface area contributed by atoms with E-state index in [1.165, 1.54) is 0 Å².